The zero-order valence-corrected chi connectivity index (χ0v) is 11.7. The highest BCUT2D eigenvalue weighted by molar-refractivity contribution is 6.30. The molecule has 0 saturated carbocycles. The lowest BCUT2D eigenvalue weighted by atomic mass is 10.1. The minimum absolute atomic E-state index is 0.129. The summed E-state index contributed by atoms with van der Waals surface area (Å²) in [6.07, 6.45) is 2.26. The van der Waals surface area contributed by atoms with Gasteiger partial charge in [0.05, 0.1) is 0 Å². The number of aromatic carboxylic acids is 1. The van der Waals surface area contributed by atoms with E-state index in [2.05, 4.69) is 0 Å². The minimum Gasteiger partial charge on any atom is -0.477 e. The number of nitrogens with zero attached hydrogens (tertiary/aromatic N) is 1. The van der Waals surface area contributed by atoms with E-state index >= 15 is 0 Å². The van der Waals surface area contributed by atoms with E-state index in [1.807, 2.05) is 12.1 Å². The number of aryl methyl sites for hydroxylation is 2. The highest BCUT2D eigenvalue weighted by Crippen LogP contribution is 2.14. The first-order chi connectivity index (χ1) is 9.47. The molecule has 1 aromatic heterocycles. The highest BCUT2D eigenvalue weighted by atomic mass is 35.5. The number of rotatable bonds is 5. The molecule has 0 aliphatic rings. The summed E-state index contributed by atoms with van der Waals surface area (Å²) in [6, 6.07) is 8.81. The third-order valence-corrected chi connectivity index (χ3v) is 3.33. The van der Waals surface area contributed by atoms with Crippen LogP contribution in [0.25, 0.3) is 0 Å². The Bertz CT molecular complexity index is 644. The Balaban J connectivity index is 2.17. The predicted molar refractivity (Wildman–Crippen MR) is 76.6 cm³/mol. The number of Topliss-reactive ketones (excluding diaryl/α,β-unsaturated/α-hetero) is 1. The number of benzene rings is 1. The van der Waals surface area contributed by atoms with Gasteiger partial charge in [0.1, 0.15) is 5.69 Å². The second-order valence-electron chi connectivity index (χ2n) is 4.55. The number of carboxylic acids is 1. The quantitative estimate of drug-likeness (QED) is 0.860. The maximum absolute atomic E-state index is 11.3. The molecule has 0 radical (unpaired) electrons. The van der Waals surface area contributed by atoms with Crippen molar-refractivity contribution < 1.29 is 14.7 Å². The summed E-state index contributed by atoms with van der Waals surface area (Å²) in [6.45, 7) is 1.92. The number of hydrogen-bond acceptors (Lipinski definition) is 2. The van der Waals surface area contributed by atoms with Crippen LogP contribution in [0.3, 0.4) is 0 Å². The molecule has 0 amide bonds. The van der Waals surface area contributed by atoms with Gasteiger partial charge in [-0.15, -0.1) is 0 Å². The Morgan fingerprint density at radius 3 is 2.45 bits per heavy atom. The van der Waals surface area contributed by atoms with Gasteiger partial charge in [0.2, 0.25) is 0 Å². The van der Waals surface area contributed by atoms with Gasteiger partial charge in [-0.2, -0.15) is 0 Å². The molecule has 0 fully saturated rings. The summed E-state index contributed by atoms with van der Waals surface area (Å²) in [5.41, 5.74) is 1.60. The van der Waals surface area contributed by atoms with Crippen molar-refractivity contribution >= 4 is 23.4 Å². The number of carbonyl (C=O) groups excluding carboxylic acids is 1. The van der Waals surface area contributed by atoms with Crippen LogP contribution in [0.1, 0.15) is 33.3 Å². The Labute approximate surface area is 121 Å². The lowest BCUT2D eigenvalue weighted by Crippen LogP contribution is -2.09. The van der Waals surface area contributed by atoms with Gasteiger partial charge in [-0.05, 0) is 37.1 Å². The Kier molecular flexibility index (Phi) is 4.25. The average molecular weight is 292 g/mol. The second-order valence-corrected chi connectivity index (χ2v) is 4.98. The largest absolute Gasteiger partial charge is 0.477 e. The van der Waals surface area contributed by atoms with Crippen molar-refractivity contribution in [1.29, 1.82) is 0 Å². The van der Waals surface area contributed by atoms with Crippen LogP contribution in [0.2, 0.25) is 5.02 Å². The molecular formula is C15H14ClNO3. The Morgan fingerprint density at radius 1 is 1.25 bits per heavy atom. The molecule has 4 nitrogen and oxygen atoms in total. The fraction of sp³-hybridized carbons (Fsp3) is 0.200. The summed E-state index contributed by atoms with van der Waals surface area (Å²) in [5, 5.41) is 9.81. The number of halogens is 1. The average Bonchev–Trinajstić information content (AvgIpc) is 2.82. The lowest BCUT2D eigenvalue weighted by molar-refractivity contribution is 0.0685. The second kappa shape index (κ2) is 5.92. The third kappa shape index (κ3) is 3.27. The molecule has 0 atom stereocenters. The third-order valence-electron chi connectivity index (χ3n) is 3.08. The molecule has 0 bridgehead atoms. The monoisotopic (exact) mass is 291 g/mol. The van der Waals surface area contributed by atoms with Crippen LogP contribution < -0.4 is 0 Å². The first kappa shape index (κ1) is 14.3. The first-order valence-corrected chi connectivity index (χ1v) is 6.54. The molecule has 0 aliphatic carbocycles. The van der Waals surface area contributed by atoms with Crippen molar-refractivity contribution in [3.05, 3.63) is 58.4 Å². The van der Waals surface area contributed by atoms with Crippen molar-refractivity contribution in [3.8, 4) is 0 Å². The van der Waals surface area contributed by atoms with Gasteiger partial charge in [0.25, 0.3) is 0 Å². The molecule has 2 rings (SSSR count). The van der Waals surface area contributed by atoms with Gasteiger partial charge in [-0.3, -0.25) is 4.79 Å². The van der Waals surface area contributed by atoms with Gasteiger partial charge < -0.3 is 9.67 Å². The smallest absolute Gasteiger partial charge is 0.352 e. The van der Waals surface area contributed by atoms with E-state index in [1.54, 1.807) is 22.9 Å². The van der Waals surface area contributed by atoms with E-state index in [-0.39, 0.29) is 11.5 Å². The van der Waals surface area contributed by atoms with E-state index < -0.39 is 5.97 Å². The van der Waals surface area contributed by atoms with Crippen molar-refractivity contribution in [2.24, 2.45) is 0 Å². The normalized spacial score (nSPS) is 10.5. The number of carbonyl (C=O) groups is 2. The van der Waals surface area contributed by atoms with Crippen LogP contribution in [0.4, 0.5) is 0 Å². The predicted octanol–water partition coefficient (Wildman–Crippen LogP) is 3.29. The SMILES string of the molecule is CC(=O)c1cc(C(=O)O)n(CCc2ccc(Cl)cc2)c1. The molecular weight excluding hydrogens is 278 g/mol. The van der Waals surface area contributed by atoms with Crippen LogP contribution >= 0.6 is 11.6 Å². The van der Waals surface area contributed by atoms with Crippen LogP contribution in [0, 0.1) is 0 Å². The first-order valence-electron chi connectivity index (χ1n) is 6.16. The van der Waals surface area contributed by atoms with Crippen molar-refractivity contribution in [2.75, 3.05) is 0 Å². The molecule has 0 spiro atoms. The number of carboxylic acid groups (broad SMARTS) is 1. The molecule has 1 aromatic carbocycles. The van der Waals surface area contributed by atoms with Crippen molar-refractivity contribution in [3.63, 3.8) is 0 Å². The summed E-state index contributed by atoms with van der Waals surface area (Å²) in [7, 11) is 0. The zero-order valence-electron chi connectivity index (χ0n) is 11.0. The molecule has 2 aromatic rings. The van der Waals surface area contributed by atoms with Gasteiger partial charge >= 0.3 is 5.97 Å². The van der Waals surface area contributed by atoms with Crippen LogP contribution in [-0.4, -0.2) is 21.4 Å². The van der Waals surface area contributed by atoms with Crippen LogP contribution in [-0.2, 0) is 13.0 Å². The fourth-order valence-corrected chi connectivity index (χ4v) is 2.09. The maximum Gasteiger partial charge on any atom is 0.352 e. The molecule has 0 aliphatic heterocycles. The van der Waals surface area contributed by atoms with E-state index in [1.165, 1.54) is 13.0 Å². The van der Waals surface area contributed by atoms with E-state index in [0.717, 1.165) is 5.56 Å². The van der Waals surface area contributed by atoms with Crippen molar-refractivity contribution in [2.45, 2.75) is 19.9 Å². The van der Waals surface area contributed by atoms with E-state index in [4.69, 9.17) is 16.7 Å². The number of ketones is 1. The summed E-state index contributed by atoms with van der Waals surface area (Å²) < 4.78 is 1.59. The molecule has 104 valence electrons. The number of aromatic nitrogens is 1. The summed E-state index contributed by atoms with van der Waals surface area (Å²) in [5.74, 6) is -1.17. The van der Waals surface area contributed by atoms with E-state index in [9.17, 15) is 9.59 Å². The van der Waals surface area contributed by atoms with Gasteiger partial charge in [0, 0.05) is 23.3 Å². The van der Waals surface area contributed by atoms with Gasteiger partial charge in [-0.25, -0.2) is 4.79 Å². The minimum atomic E-state index is -1.03. The molecule has 1 heterocycles. The van der Waals surface area contributed by atoms with Crippen LogP contribution in [0.5, 0.6) is 0 Å². The van der Waals surface area contributed by atoms with Crippen molar-refractivity contribution in [1.82, 2.24) is 4.57 Å². The topological polar surface area (TPSA) is 59.3 Å². The Morgan fingerprint density at radius 2 is 1.90 bits per heavy atom. The maximum atomic E-state index is 11.3. The Hall–Kier alpha value is -2.07. The summed E-state index contributed by atoms with van der Waals surface area (Å²) >= 11 is 5.81. The van der Waals surface area contributed by atoms with Gasteiger partial charge in [-0.1, -0.05) is 23.7 Å². The van der Waals surface area contributed by atoms with Crippen LogP contribution in [0.15, 0.2) is 36.5 Å². The fourth-order valence-electron chi connectivity index (χ4n) is 1.97. The zero-order chi connectivity index (χ0) is 14.7. The standard InChI is InChI=1S/C15H14ClNO3/c1-10(18)12-8-14(15(19)20)17(9-12)7-6-11-2-4-13(16)5-3-11/h2-5,8-9H,6-7H2,1H3,(H,19,20). The van der Waals surface area contributed by atoms with E-state index in [0.29, 0.717) is 23.6 Å². The molecule has 0 unspecified atom stereocenters. The summed E-state index contributed by atoms with van der Waals surface area (Å²) in [4.78, 5) is 22.5. The number of hydrogen-bond donors (Lipinski definition) is 1. The molecule has 0 saturated heterocycles. The highest BCUT2D eigenvalue weighted by Gasteiger charge is 2.14. The molecule has 5 heteroatoms. The van der Waals surface area contributed by atoms with Gasteiger partial charge in [0.15, 0.2) is 5.78 Å². The lowest BCUT2D eigenvalue weighted by Gasteiger charge is -2.06. The molecule has 20 heavy (non-hydrogen) atoms. The molecule has 1 N–H and O–H groups in total.